The lowest BCUT2D eigenvalue weighted by Gasteiger charge is -2.24. The van der Waals surface area contributed by atoms with Crippen molar-refractivity contribution in [2.75, 3.05) is 17.1 Å². The molecule has 2 aromatic carbocycles. The zero-order valence-electron chi connectivity index (χ0n) is 14.1. The van der Waals surface area contributed by atoms with Gasteiger partial charge in [-0.15, -0.1) is 0 Å². The van der Waals surface area contributed by atoms with E-state index in [9.17, 15) is 13.2 Å². The van der Waals surface area contributed by atoms with Gasteiger partial charge in [0.05, 0.1) is 18.0 Å². The minimum absolute atomic E-state index is 0.197. The van der Waals surface area contributed by atoms with Crippen LogP contribution in [0.25, 0.3) is 0 Å². The molecular formula is C18H22N2O3S. The average molecular weight is 346 g/mol. The highest BCUT2D eigenvalue weighted by Gasteiger charge is 2.22. The number of benzene rings is 2. The van der Waals surface area contributed by atoms with Gasteiger partial charge in [-0.1, -0.05) is 48.5 Å². The molecule has 0 heterocycles. The predicted molar refractivity (Wildman–Crippen MR) is 96.4 cm³/mol. The van der Waals surface area contributed by atoms with E-state index in [4.69, 9.17) is 0 Å². The van der Waals surface area contributed by atoms with Gasteiger partial charge in [0, 0.05) is 0 Å². The van der Waals surface area contributed by atoms with Crippen molar-refractivity contribution in [2.24, 2.45) is 0 Å². The van der Waals surface area contributed by atoms with Crippen molar-refractivity contribution in [1.29, 1.82) is 0 Å². The summed E-state index contributed by atoms with van der Waals surface area (Å²) in [5, 5.41) is 2.84. The number of carbonyl (C=O) groups is 1. The molecule has 5 nitrogen and oxygen atoms in total. The molecule has 1 atom stereocenters. The van der Waals surface area contributed by atoms with Crippen molar-refractivity contribution in [3.8, 4) is 0 Å². The van der Waals surface area contributed by atoms with Crippen molar-refractivity contribution in [2.45, 2.75) is 19.9 Å². The lowest BCUT2D eigenvalue weighted by Crippen LogP contribution is -2.41. The molecular weight excluding hydrogens is 324 g/mol. The minimum Gasteiger partial charge on any atom is -0.348 e. The standard InChI is InChI=1S/C18H22N2O3S/c1-14-9-7-8-12-17(14)20(24(3,22)23)13-18(21)19-15(2)16-10-5-4-6-11-16/h4-12,15H,13H2,1-3H3,(H,19,21)/t15-/m1/s1. The Bertz CT molecular complexity index is 804. The van der Waals surface area contributed by atoms with Crippen molar-refractivity contribution in [1.82, 2.24) is 5.32 Å². The maximum absolute atomic E-state index is 12.4. The van der Waals surface area contributed by atoms with E-state index < -0.39 is 10.0 Å². The maximum Gasteiger partial charge on any atom is 0.241 e. The predicted octanol–water partition coefficient (Wildman–Crippen LogP) is 2.64. The monoisotopic (exact) mass is 346 g/mol. The van der Waals surface area contributed by atoms with Crippen molar-refractivity contribution >= 4 is 21.6 Å². The van der Waals surface area contributed by atoms with Crippen LogP contribution in [0.15, 0.2) is 54.6 Å². The first-order chi connectivity index (χ1) is 11.3. The molecule has 0 aliphatic rings. The summed E-state index contributed by atoms with van der Waals surface area (Å²) in [6.07, 6.45) is 1.10. The molecule has 128 valence electrons. The number of nitrogens with one attached hydrogen (secondary N) is 1. The van der Waals surface area contributed by atoms with Gasteiger partial charge in [0.15, 0.2) is 0 Å². The first-order valence-electron chi connectivity index (χ1n) is 7.66. The van der Waals surface area contributed by atoms with Crippen molar-refractivity contribution < 1.29 is 13.2 Å². The van der Waals surface area contributed by atoms with Crippen LogP contribution < -0.4 is 9.62 Å². The van der Waals surface area contributed by atoms with Gasteiger partial charge in [0.25, 0.3) is 0 Å². The summed E-state index contributed by atoms with van der Waals surface area (Å²) in [5.41, 5.74) is 2.28. The van der Waals surface area contributed by atoms with E-state index in [-0.39, 0.29) is 18.5 Å². The fourth-order valence-electron chi connectivity index (χ4n) is 2.47. The van der Waals surface area contributed by atoms with E-state index in [1.54, 1.807) is 12.1 Å². The Morgan fingerprint density at radius 1 is 1.08 bits per heavy atom. The molecule has 24 heavy (non-hydrogen) atoms. The van der Waals surface area contributed by atoms with Gasteiger partial charge in [0.2, 0.25) is 15.9 Å². The molecule has 0 fully saturated rings. The number of aryl methyl sites for hydroxylation is 1. The third-order valence-corrected chi connectivity index (χ3v) is 4.88. The normalized spacial score (nSPS) is 12.5. The molecule has 0 aliphatic carbocycles. The van der Waals surface area contributed by atoms with Gasteiger partial charge in [-0.05, 0) is 31.0 Å². The molecule has 0 unspecified atom stereocenters. The molecule has 0 aromatic heterocycles. The maximum atomic E-state index is 12.4. The van der Waals surface area contributed by atoms with Gasteiger partial charge in [0.1, 0.15) is 6.54 Å². The van der Waals surface area contributed by atoms with E-state index in [1.807, 2.05) is 56.3 Å². The quantitative estimate of drug-likeness (QED) is 0.874. The summed E-state index contributed by atoms with van der Waals surface area (Å²) in [6.45, 7) is 3.44. The Labute approximate surface area is 143 Å². The molecule has 0 bridgehead atoms. The van der Waals surface area contributed by atoms with Crippen LogP contribution in [0, 0.1) is 6.92 Å². The van der Waals surface area contributed by atoms with Crippen LogP contribution in [-0.4, -0.2) is 27.1 Å². The zero-order valence-corrected chi connectivity index (χ0v) is 14.9. The van der Waals surface area contributed by atoms with Crippen LogP contribution in [-0.2, 0) is 14.8 Å². The van der Waals surface area contributed by atoms with E-state index in [0.717, 1.165) is 21.7 Å². The summed E-state index contributed by atoms with van der Waals surface area (Å²) in [6, 6.07) is 16.4. The minimum atomic E-state index is -3.56. The third kappa shape index (κ3) is 4.58. The Kier molecular flexibility index (Phi) is 5.62. The number of amides is 1. The fraction of sp³-hybridized carbons (Fsp3) is 0.278. The molecule has 0 aliphatic heterocycles. The van der Waals surface area contributed by atoms with E-state index >= 15 is 0 Å². The lowest BCUT2D eigenvalue weighted by atomic mass is 10.1. The molecule has 2 aromatic rings. The van der Waals surface area contributed by atoms with E-state index in [0.29, 0.717) is 5.69 Å². The van der Waals surface area contributed by atoms with E-state index in [2.05, 4.69) is 5.32 Å². The largest absolute Gasteiger partial charge is 0.348 e. The second-order valence-electron chi connectivity index (χ2n) is 5.76. The topological polar surface area (TPSA) is 66.5 Å². The molecule has 0 spiro atoms. The third-order valence-electron chi connectivity index (χ3n) is 3.75. The van der Waals surface area contributed by atoms with Crippen molar-refractivity contribution in [3.63, 3.8) is 0 Å². The summed E-state index contributed by atoms with van der Waals surface area (Å²) in [5.74, 6) is -0.347. The van der Waals surface area contributed by atoms with Crippen LogP contribution in [0.1, 0.15) is 24.1 Å². The smallest absolute Gasteiger partial charge is 0.241 e. The second-order valence-corrected chi connectivity index (χ2v) is 7.66. The van der Waals surface area contributed by atoms with Gasteiger partial charge >= 0.3 is 0 Å². The Hall–Kier alpha value is -2.34. The van der Waals surface area contributed by atoms with Gasteiger partial charge in [-0.3, -0.25) is 9.10 Å². The average Bonchev–Trinajstić information content (AvgIpc) is 2.53. The number of nitrogens with zero attached hydrogens (tertiary/aromatic N) is 1. The molecule has 1 amide bonds. The van der Waals surface area contributed by atoms with Crippen LogP contribution in [0.3, 0.4) is 0 Å². The summed E-state index contributed by atoms with van der Waals surface area (Å²) < 4.78 is 25.4. The van der Waals surface area contributed by atoms with Crippen molar-refractivity contribution in [3.05, 3.63) is 65.7 Å². The number of hydrogen-bond donors (Lipinski definition) is 1. The number of para-hydroxylation sites is 1. The molecule has 0 radical (unpaired) electrons. The van der Waals surface area contributed by atoms with Gasteiger partial charge in [-0.25, -0.2) is 8.42 Å². The molecule has 1 N–H and O–H groups in total. The Balaban J connectivity index is 2.16. The number of carbonyl (C=O) groups excluding carboxylic acids is 1. The Morgan fingerprint density at radius 2 is 1.67 bits per heavy atom. The summed E-state index contributed by atoms with van der Waals surface area (Å²) in [7, 11) is -3.56. The van der Waals surface area contributed by atoms with Gasteiger partial charge in [-0.2, -0.15) is 0 Å². The summed E-state index contributed by atoms with van der Waals surface area (Å²) in [4.78, 5) is 12.4. The SMILES string of the molecule is Cc1ccccc1N(CC(=O)N[C@H](C)c1ccccc1)S(C)(=O)=O. The van der Waals surface area contributed by atoms with Crippen LogP contribution >= 0.6 is 0 Å². The number of sulfonamides is 1. The molecule has 0 saturated carbocycles. The number of hydrogen-bond acceptors (Lipinski definition) is 3. The molecule has 0 saturated heterocycles. The molecule has 6 heteroatoms. The second kappa shape index (κ2) is 7.49. The van der Waals surface area contributed by atoms with Crippen LogP contribution in [0.2, 0.25) is 0 Å². The highest BCUT2D eigenvalue weighted by atomic mass is 32.2. The lowest BCUT2D eigenvalue weighted by molar-refractivity contribution is -0.120. The number of rotatable bonds is 6. The Morgan fingerprint density at radius 3 is 2.25 bits per heavy atom. The highest BCUT2D eigenvalue weighted by molar-refractivity contribution is 7.92. The van der Waals surface area contributed by atoms with Crippen LogP contribution in [0.4, 0.5) is 5.69 Å². The summed E-state index contributed by atoms with van der Waals surface area (Å²) >= 11 is 0. The fourth-order valence-corrected chi connectivity index (χ4v) is 3.38. The van der Waals surface area contributed by atoms with E-state index in [1.165, 1.54) is 0 Å². The number of anilines is 1. The first-order valence-corrected chi connectivity index (χ1v) is 9.51. The first kappa shape index (κ1) is 18.0. The molecule has 2 rings (SSSR count). The van der Waals surface area contributed by atoms with Gasteiger partial charge < -0.3 is 5.32 Å². The van der Waals surface area contributed by atoms with Crippen LogP contribution in [0.5, 0.6) is 0 Å². The highest BCUT2D eigenvalue weighted by Crippen LogP contribution is 2.22. The zero-order chi connectivity index (χ0) is 17.7.